The number of benzene rings is 1. The summed E-state index contributed by atoms with van der Waals surface area (Å²) in [5.41, 5.74) is 3.71. The first-order valence-corrected chi connectivity index (χ1v) is 11.9. The number of nitrogens with one attached hydrogen (secondary N) is 1. The number of ether oxygens (including phenoxy) is 1. The van der Waals surface area contributed by atoms with E-state index >= 15 is 4.39 Å². The second kappa shape index (κ2) is 8.87. The fourth-order valence-electron chi connectivity index (χ4n) is 4.93. The lowest BCUT2D eigenvalue weighted by Gasteiger charge is -2.43. The van der Waals surface area contributed by atoms with Crippen LogP contribution in [0.15, 0.2) is 24.5 Å². The zero-order valence-corrected chi connectivity index (χ0v) is 20.3. The van der Waals surface area contributed by atoms with Crippen molar-refractivity contribution in [3.63, 3.8) is 0 Å². The van der Waals surface area contributed by atoms with Gasteiger partial charge in [-0.2, -0.15) is 5.10 Å². The molecule has 2 atom stereocenters. The van der Waals surface area contributed by atoms with Crippen LogP contribution in [0.4, 0.5) is 16.0 Å². The minimum absolute atomic E-state index is 0.129. The largest absolute Gasteiger partial charge is 0.389 e. The van der Waals surface area contributed by atoms with Gasteiger partial charge in [-0.25, -0.2) is 14.4 Å². The number of halogens is 1. The molecule has 0 amide bonds. The average Bonchev–Trinajstić information content (AvgIpc) is 3.05. The van der Waals surface area contributed by atoms with Crippen molar-refractivity contribution < 1.29 is 14.2 Å². The summed E-state index contributed by atoms with van der Waals surface area (Å²) in [7, 11) is 0. The Morgan fingerprint density at radius 2 is 2.03 bits per heavy atom. The van der Waals surface area contributed by atoms with E-state index in [1.54, 1.807) is 30.9 Å². The molecule has 2 aromatic heterocycles. The van der Waals surface area contributed by atoms with Gasteiger partial charge in [0.2, 0.25) is 5.95 Å². The zero-order valence-electron chi connectivity index (χ0n) is 20.3. The molecule has 182 valence electrons. The van der Waals surface area contributed by atoms with Gasteiger partial charge in [0.25, 0.3) is 0 Å². The number of nitrogens with zero attached hydrogens (tertiary/aromatic N) is 5. The maximum atomic E-state index is 15.3. The first-order chi connectivity index (χ1) is 16.2. The predicted octanol–water partition coefficient (Wildman–Crippen LogP) is 3.48. The van der Waals surface area contributed by atoms with Crippen LogP contribution in [0.3, 0.4) is 0 Å². The maximum absolute atomic E-state index is 15.3. The number of hydrogen-bond donors (Lipinski definition) is 2. The standard InChI is InChI=1S/C25H33FN6O2/c1-15-7-17-9-27-24(30-23-10-28-32(16(23)2)14-25(3,4)33)29-22(17)8-20(15)19-5-6-31(11-21(19)26)18-12-34-13-18/h7-10,18-19,21,33H,5-6,11-14H2,1-4H3,(H,27,29,30)/t19-,21+/m1/s1. The summed E-state index contributed by atoms with van der Waals surface area (Å²) in [5, 5.41) is 18.6. The van der Waals surface area contributed by atoms with Crippen molar-refractivity contribution in [2.45, 2.75) is 64.4 Å². The zero-order chi connectivity index (χ0) is 24.0. The molecule has 0 spiro atoms. The average molecular weight is 469 g/mol. The first kappa shape index (κ1) is 23.1. The minimum Gasteiger partial charge on any atom is -0.389 e. The van der Waals surface area contributed by atoms with Crippen molar-refractivity contribution in [2.75, 3.05) is 31.6 Å². The highest BCUT2D eigenvalue weighted by Gasteiger charge is 2.36. The fourth-order valence-corrected chi connectivity index (χ4v) is 4.93. The van der Waals surface area contributed by atoms with E-state index in [-0.39, 0.29) is 5.92 Å². The Balaban J connectivity index is 1.37. The van der Waals surface area contributed by atoms with E-state index in [1.165, 1.54) is 0 Å². The molecule has 0 bridgehead atoms. The van der Waals surface area contributed by atoms with Crippen molar-refractivity contribution in [1.29, 1.82) is 0 Å². The minimum atomic E-state index is -0.908. The van der Waals surface area contributed by atoms with E-state index in [9.17, 15) is 5.11 Å². The molecule has 2 aliphatic rings. The van der Waals surface area contributed by atoms with Crippen LogP contribution < -0.4 is 5.32 Å². The highest BCUT2D eigenvalue weighted by Crippen LogP contribution is 2.35. The number of aliphatic hydroxyl groups is 1. The molecule has 0 aliphatic carbocycles. The van der Waals surface area contributed by atoms with Crippen LogP contribution in [0, 0.1) is 13.8 Å². The maximum Gasteiger partial charge on any atom is 0.227 e. The summed E-state index contributed by atoms with van der Waals surface area (Å²) in [6.45, 7) is 10.7. The van der Waals surface area contributed by atoms with Gasteiger partial charge < -0.3 is 15.2 Å². The van der Waals surface area contributed by atoms with E-state index in [0.29, 0.717) is 25.1 Å². The number of aromatic nitrogens is 4. The number of aryl methyl sites for hydroxylation is 1. The molecule has 2 fully saturated rings. The van der Waals surface area contributed by atoms with Crippen LogP contribution in [0.2, 0.25) is 0 Å². The van der Waals surface area contributed by atoms with Crippen molar-refractivity contribution >= 4 is 22.5 Å². The Morgan fingerprint density at radius 3 is 2.71 bits per heavy atom. The molecule has 34 heavy (non-hydrogen) atoms. The van der Waals surface area contributed by atoms with Crippen molar-refractivity contribution in [1.82, 2.24) is 24.6 Å². The van der Waals surface area contributed by atoms with Gasteiger partial charge in [-0.1, -0.05) is 0 Å². The highest BCUT2D eigenvalue weighted by atomic mass is 19.1. The van der Waals surface area contributed by atoms with E-state index in [2.05, 4.69) is 26.4 Å². The molecule has 0 unspecified atom stereocenters. The number of hydrogen-bond acceptors (Lipinski definition) is 7. The quantitative estimate of drug-likeness (QED) is 0.573. The molecule has 9 heteroatoms. The lowest BCUT2D eigenvalue weighted by atomic mass is 9.84. The van der Waals surface area contributed by atoms with Crippen LogP contribution >= 0.6 is 0 Å². The van der Waals surface area contributed by atoms with Crippen LogP contribution in [0.5, 0.6) is 0 Å². The molecule has 2 aliphatic heterocycles. The molecule has 1 aromatic carbocycles. The van der Waals surface area contributed by atoms with Gasteiger partial charge in [-0.05, 0) is 63.9 Å². The Morgan fingerprint density at radius 1 is 1.24 bits per heavy atom. The number of fused-ring (bicyclic) bond motifs is 1. The molecule has 5 rings (SSSR count). The number of alkyl halides is 1. The summed E-state index contributed by atoms with van der Waals surface area (Å²) >= 11 is 0. The Labute approximate surface area is 199 Å². The highest BCUT2D eigenvalue weighted by molar-refractivity contribution is 5.81. The third-order valence-electron chi connectivity index (χ3n) is 6.96. The normalized spacial score (nSPS) is 22.2. The van der Waals surface area contributed by atoms with E-state index in [0.717, 1.165) is 59.6 Å². The lowest BCUT2D eigenvalue weighted by molar-refractivity contribution is -0.0807. The van der Waals surface area contributed by atoms with Gasteiger partial charge in [0.15, 0.2) is 0 Å². The fraction of sp³-hybridized carbons (Fsp3) is 0.560. The second-order valence-corrected chi connectivity index (χ2v) is 10.3. The number of piperidine rings is 1. The van der Waals surface area contributed by atoms with E-state index in [1.807, 2.05) is 19.9 Å². The third-order valence-corrected chi connectivity index (χ3v) is 6.96. The number of rotatable bonds is 6. The van der Waals surface area contributed by atoms with Crippen LogP contribution in [-0.4, -0.2) is 73.9 Å². The molecule has 2 saturated heterocycles. The Kier molecular flexibility index (Phi) is 6.03. The summed E-state index contributed by atoms with van der Waals surface area (Å²) in [6, 6.07) is 4.45. The Bertz CT molecular complexity index is 1190. The van der Waals surface area contributed by atoms with Gasteiger partial charge in [0.1, 0.15) is 6.17 Å². The van der Waals surface area contributed by atoms with Gasteiger partial charge in [0.05, 0.1) is 54.5 Å². The molecular formula is C25H33FN6O2. The van der Waals surface area contributed by atoms with E-state index < -0.39 is 11.8 Å². The van der Waals surface area contributed by atoms with Crippen LogP contribution in [-0.2, 0) is 11.3 Å². The SMILES string of the molecule is Cc1cc2cnc(Nc3cnn(CC(C)(C)O)c3C)nc2cc1[C@H]1CCN(C2COC2)C[C@@H]1F. The molecule has 8 nitrogen and oxygen atoms in total. The predicted molar refractivity (Wildman–Crippen MR) is 129 cm³/mol. The smallest absolute Gasteiger partial charge is 0.227 e. The Hall–Kier alpha value is -2.62. The molecule has 4 heterocycles. The van der Waals surface area contributed by atoms with Gasteiger partial charge in [-0.15, -0.1) is 0 Å². The summed E-state index contributed by atoms with van der Waals surface area (Å²) in [5.74, 6) is 0.333. The molecular weight excluding hydrogens is 435 g/mol. The van der Waals surface area contributed by atoms with Gasteiger partial charge in [-0.3, -0.25) is 9.58 Å². The monoisotopic (exact) mass is 468 g/mol. The van der Waals surface area contributed by atoms with Gasteiger partial charge >= 0.3 is 0 Å². The number of likely N-dealkylation sites (tertiary alicyclic amines) is 1. The summed E-state index contributed by atoms with van der Waals surface area (Å²) in [6.07, 6.45) is 3.39. The molecule has 0 saturated carbocycles. The van der Waals surface area contributed by atoms with Gasteiger partial charge in [0, 0.05) is 24.0 Å². The first-order valence-electron chi connectivity index (χ1n) is 11.9. The van der Waals surface area contributed by atoms with Crippen molar-refractivity contribution in [3.05, 3.63) is 41.3 Å². The topological polar surface area (TPSA) is 88.3 Å². The van der Waals surface area contributed by atoms with Crippen LogP contribution in [0.25, 0.3) is 10.9 Å². The van der Waals surface area contributed by atoms with Crippen molar-refractivity contribution in [2.24, 2.45) is 0 Å². The van der Waals surface area contributed by atoms with E-state index in [4.69, 9.17) is 9.72 Å². The van der Waals surface area contributed by atoms with Crippen molar-refractivity contribution in [3.8, 4) is 0 Å². The molecule has 3 aromatic rings. The molecule has 2 N–H and O–H groups in total. The lowest BCUT2D eigenvalue weighted by Crippen LogP contribution is -2.54. The molecule has 0 radical (unpaired) electrons. The number of anilines is 2. The van der Waals surface area contributed by atoms with Crippen LogP contribution in [0.1, 0.15) is 43.0 Å². The summed E-state index contributed by atoms with van der Waals surface area (Å²) < 4.78 is 22.3. The second-order valence-electron chi connectivity index (χ2n) is 10.3. The third kappa shape index (κ3) is 4.64. The summed E-state index contributed by atoms with van der Waals surface area (Å²) in [4.78, 5) is 11.4.